The average Bonchev–Trinajstić information content (AvgIpc) is 3.25. The molecule has 0 fully saturated rings. The fraction of sp³-hybridized carbons (Fsp3) is 0.150. The summed E-state index contributed by atoms with van der Waals surface area (Å²) in [6.45, 7) is 0.237. The summed E-state index contributed by atoms with van der Waals surface area (Å²) in [6, 6.07) is 9.54. The maximum atomic E-state index is 12.8. The van der Waals surface area contributed by atoms with Crippen molar-refractivity contribution in [1.82, 2.24) is 19.6 Å². The molecule has 29 heavy (non-hydrogen) atoms. The van der Waals surface area contributed by atoms with E-state index in [4.69, 9.17) is 0 Å². The summed E-state index contributed by atoms with van der Waals surface area (Å²) in [5.74, 6) is -1.06. The van der Waals surface area contributed by atoms with Crippen LogP contribution in [-0.4, -0.2) is 30.6 Å². The first-order valence-corrected chi connectivity index (χ1v) is 8.61. The fourth-order valence-electron chi connectivity index (χ4n) is 3.16. The summed E-state index contributed by atoms with van der Waals surface area (Å²) in [5, 5.41) is 18.7. The SMILES string of the molecule is Cn1cc(-c2nn(Cc3ccc(C(F)(F)F)cc3)c3ccc(C(=O)O)cc23)cn1. The molecule has 1 N–H and O–H groups in total. The zero-order valence-corrected chi connectivity index (χ0v) is 15.2. The van der Waals surface area contributed by atoms with Gasteiger partial charge in [-0.25, -0.2) is 4.79 Å². The Morgan fingerprint density at radius 1 is 1.14 bits per heavy atom. The summed E-state index contributed by atoms with van der Waals surface area (Å²) in [7, 11) is 1.76. The van der Waals surface area contributed by atoms with Crippen LogP contribution in [0.1, 0.15) is 21.5 Å². The third-order valence-corrected chi connectivity index (χ3v) is 4.59. The molecule has 0 saturated carbocycles. The number of aromatic carboxylic acids is 1. The van der Waals surface area contributed by atoms with Crippen LogP contribution in [0, 0.1) is 0 Å². The first-order valence-electron chi connectivity index (χ1n) is 8.61. The molecule has 0 unspecified atom stereocenters. The standard InChI is InChI=1S/C20H15F3N4O2/c1-26-11-14(9-24-26)18-16-8-13(19(28)29)4-7-17(16)27(25-18)10-12-2-5-15(6-3-12)20(21,22)23/h2-9,11H,10H2,1H3,(H,28,29). The topological polar surface area (TPSA) is 72.9 Å². The molecular weight excluding hydrogens is 385 g/mol. The van der Waals surface area contributed by atoms with Crippen LogP contribution in [0.5, 0.6) is 0 Å². The second-order valence-corrected chi connectivity index (χ2v) is 6.64. The summed E-state index contributed by atoms with van der Waals surface area (Å²) >= 11 is 0. The highest BCUT2D eigenvalue weighted by molar-refractivity contribution is 5.99. The van der Waals surface area contributed by atoms with E-state index >= 15 is 0 Å². The number of aryl methyl sites for hydroxylation is 1. The Morgan fingerprint density at radius 2 is 1.86 bits per heavy atom. The predicted octanol–water partition coefficient (Wildman–Crippen LogP) is 4.20. The zero-order chi connectivity index (χ0) is 20.8. The quantitative estimate of drug-likeness (QED) is 0.557. The van der Waals surface area contributed by atoms with Gasteiger partial charge in [-0.05, 0) is 35.9 Å². The zero-order valence-electron chi connectivity index (χ0n) is 15.2. The van der Waals surface area contributed by atoms with Crippen molar-refractivity contribution in [1.29, 1.82) is 0 Å². The van der Waals surface area contributed by atoms with E-state index in [1.165, 1.54) is 24.3 Å². The van der Waals surface area contributed by atoms with Crippen molar-refractivity contribution >= 4 is 16.9 Å². The van der Waals surface area contributed by atoms with E-state index in [0.717, 1.165) is 12.1 Å². The number of hydrogen-bond acceptors (Lipinski definition) is 3. The van der Waals surface area contributed by atoms with E-state index in [1.807, 2.05) is 0 Å². The van der Waals surface area contributed by atoms with Gasteiger partial charge in [0.05, 0.1) is 29.4 Å². The lowest BCUT2D eigenvalue weighted by Gasteiger charge is -2.08. The molecule has 2 heterocycles. The molecule has 4 rings (SSSR count). The predicted molar refractivity (Wildman–Crippen MR) is 99.4 cm³/mol. The van der Waals surface area contributed by atoms with Gasteiger partial charge in [-0.2, -0.15) is 23.4 Å². The van der Waals surface area contributed by atoms with Gasteiger partial charge in [0.1, 0.15) is 5.69 Å². The Bertz CT molecular complexity index is 1210. The van der Waals surface area contributed by atoms with Crippen molar-refractivity contribution in [2.75, 3.05) is 0 Å². The van der Waals surface area contributed by atoms with Crippen LogP contribution in [0.25, 0.3) is 22.2 Å². The molecule has 2 aromatic heterocycles. The lowest BCUT2D eigenvalue weighted by Crippen LogP contribution is -2.06. The summed E-state index contributed by atoms with van der Waals surface area (Å²) in [6.07, 6.45) is -1.01. The van der Waals surface area contributed by atoms with Crippen LogP contribution < -0.4 is 0 Å². The number of halogens is 3. The van der Waals surface area contributed by atoms with E-state index in [2.05, 4.69) is 10.2 Å². The highest BCUT2D eigenvalue weighted by Crippen LogP contribution is 2.31. The van der Waals surface area contributed by atoms with Crippen LogP contribution in [-0.2, 0) is 19.8 Å². The number of rotatable bonds is 4. The minimum atomic E-state index is -4.39. The molecule has 4 aromatic rings. The first-order chi connectivity index (χ1) is 13.7. The maximum absolute atomic E-state index is 12.8. The highest BCUT2D eigenvalue weighted by atomic mass is 19.4. The van der Waals surface area contributed by atoms with Crippen molar-refractivity contribution in [2.24, 2.45) is 7.05 Å². The Labute approximate surface area is 162 Å². The molecule has 9 heteroatoms. The third-order valence-electron chi connectivity index (χ3n) is 4.59. The number of fused-ring (bicyclic) bond motifs is 1. The Balaban J connectivity index is 1.79. The molecule has 0 saturated heterocycles. The van der Waals surface area contributed by atoms with Crippen molar-refractivity contribution in [3.8, 4) is 11.3 Å². The van der Waals surface area contributed by atoms with Crippen LogP contribution in [0.2, 0.25) is 0 Å². The van der Waals surface area contributed by atoms with E-state index < -0.39 is 17.7 Å². The number of aromatic nitrogens is 4. The lowest BCUT2D eigenvalue weighted by molar-refractivity contribution is -0.137. The van der Waals surface area contributed by atoms with E-state index in [0.29, 0.717) is 27.7 Å². The average molecular weight is 400 g/mol. The number of carbonyl (C=O) groups is 1. The number of benzene rings is 2. The van der Waals surface area contributed by atoms with Crippen LogP contribution in [0.15, 0.2) is 54.9 Å². The normalized spacial score (nSPS) is 11.9. The van der Waals surface area contributed by atoms with Crippen LogP contribution >= 0.6 is 0 Å². The van der Waals surface area contributed by atoms with Gasteiger partial charge in [-0.15, -0.1) is 0 Å². The molecule has 0 amide bonds. The molecular formula is C20H15F3N4O2. The van der Waals surface area contributed by atoms with Gasteiger partial charge in [0.25, 0.3) is 0 Å². The molecule has 0 spiro atoms. The van der Waals surface area contributed by atoms with Gasteiger partial charge in [0.2, 0.25) is 0 Å². The van der Waals surface area contributed by atoms with Crippen LogP contribution in [0.4, 0.5) is 13.2 Å². The van der Waals surface area contributed by atoms with Crippen molar-refractivity contribution in [2.45, 2.75) is 12.7 Å². The van der Waals surface area contributed by atoms with Crippen LogP contribution in [0.3, 0.4) is 0 Å². The van der Waals surface area contributed by atoms with E-state index in [-0.39, 0.29) is 12.1 Å². The number of alkyl halides is 3. The third kappa shape index (κ3) is 3.58. The molecule has 148 valence electrons. The maximum Gasteiger partial charge on any atom is 0.416 e. The Morgan fingerprint density at radius 3 is 2.45 bits per heavy atom. The molecule has 0 aliphatic carbocycles. The number of carboxylic acids is 1. The second kappa shape index (κ2) is 6.77. The number of hydrogen-bond donors (Lipinski definition) is 1. The van der Waals surface area contributed by atoms with Gasteiger partial charge in [-0.3, -0.25) is 9.36 Å². The molecule has 0 atom stereocenters. The van der Waals surface area contributed by atoms with Crippen molar-refractivity contribution < 1.29 is 23.1 Å². The van der Waals surface area contributed by atoms with Gasteiger partial charge in [-0.1, -0.05) is 12.1 Å². The fourth-order valence-corrected chi connectivity index (χ4v) is 3.16. The second-order valence-electron chi connectivity index (χ2n) is 6.64. The molecule has 2 aromatic carbocycles. The molecule has 0 aliphatic heterocycles. The molecule has 0 bridgehead atoms. The number of carboxylic acid groups (broad SMARTS) is 1. The summed E-state index contributed by atoms with van der Waals surface area (Å²) in [5.41, 5.74) is 2.00. The van der Waals surface area contributed by atoms with Gasteiger partial charge < -0.3 is 5.11 Å². The molecule has 0 radical (unpaired) electrons. The van der Waals surface area contributed by atoms with E-state index in [1.54, 1.807) is 34.9 Å². The minimum Gasteiger partial charge on any atom is -0.478 e. The smallest absolute Gasteiger partial charge is 0.416 e. The van der Waals surface area contributed by atoms with Crippen molar-refractivity contribution in [3.05, 3.63) is 71.5 Å². The summed E-state index contributed by atoms with van der Waals surface area (Å²) in [4.78, 5) is 11.4. The molecule has 0 aliphatic rings. The minimum absolute atomic E-state index is 0.122. The molecule has 6 nitrogen and oxygen atoms in total. The van der Waals surface area contributed by atoms with Gasteiger partial charge in [0.15, 0.2) is 0 Å². The van der Waals surface area contributed by atoms with Gasteiger partial charge in [0, 0.05) is 24.2 Å². The monoisotopic (exact) mass is 400 g/mol. The largest absolute Gasteiger partial charge is 0.478 e. The Hall–Kier alpha value is -3.62. The number of nitrogens with zero attached hydrogens (tertiary/aromatic N) is 4. The lowest BCUT2D eigenvalue weighted by atomic mass is 10.1. The van der Waals surface area contributed by atoms with Crippen molar-refractivity contribution in [3.63, 3.8) is 0 Å². The first kappa shape index (κ1) is 18.7. The Kier molecular flexibility index (Phi) is 4.37. The highest BCUT2D eigenvalue weighted by Gasteiger charge is 2.30. The van der Waals surface area contributed by atoms with E-state index in [9.17, 15) is 23.1 Å². The summed E-state index contributed by atoms with van der Waals surface area (Å²) < 4.78 is 41.6. The van der Waals surface area contributed by atoms with Gasteiger partial charge >= 0.3 is 12.1 Å².